The minimum Gasteiger partial charge on any atom is -0.480 e. The van der Waals surface area contributed by atoms with Crippen LogP contribution in [0.15, 0.2) is 17.8 Å². The van der Waals surface area contributed by atoms with Crippen LogP contribution in [0, 0.1) is 0 Å². The smallest absolute Gasteiger partial charge is 0.329 e. The second-order valence-electron chi connectivity index (χ2n) is 4.48. The Bertz CT molecular complexity index is 607. The number of carboxylic acid groups (broad SMARTS) is 1. The van der Waals surface area contributed by atoms with Gasteiger partial charge in [0.05, 0.1) is 10.2 Å². The number of hydrogen-bond acceptors (Lipinski definition) is 6. The van der Waals surface area contributed by atoms with Crippen molar-refractivity contribution in [2.24, 2.45) is 0 Å². The molecule has 2 aromatic rings. The zero-order chi connectivity index (χ0) is 13.3. The number of nitrogens with zero attached hydrogens (tertiary/aromatic N) is 2. The average molecular weight is 279 g/mol. The maximum atomic E-state index is 11.6. The van der Waals surface area contributed by atoms with E-state index in [0.717, 1.165) is 10.2 Å². The Morgan fingerprint density at radius 3 is 2.95 bits per heavy atom. The molecule has 100 valence electrons. The van der Waals surface area contributed by atoms with E-state index in [1.807, 2.05) is 11.4 Å². The van der Waals surface area contributed by atoms with Crippen LogP contribution in [0.4, 0.5) is 5.82 Å². The molecule has 7 heteroatoms. The molecule has 0 spiro atoms. The van der Waals surface area contributed by atoms with Crippen LogP contribution in [0.1, 0.15) is 12.8 Å². The molecule has 0 saturated carbocycles. The predicted octanol–water partition coefficient (Wildman–Crippen LogP) is 1.74. The first-order valence-corrected chi connectivity index (χ1v) is 6.87. The number of aliphatic carboxylic acids is 1. The summed E-state index contributed by atoms with van der Waals surface area (Å²) >= 11 is 1.50. The van der Waals surface area contributed by atoms with Gasteiger partial charge in [0.15, 0.2) is 0 Å². The molecule has 0 aliphatic carbocycles. The molecule has 1 aliphatic rings. The molecular formula is C12H13N3O3S. The minimum absolute atomic E-state index is 0.430. The number of rotatable bonds is 3. The van der Waals surface area contributed by atoms with E-state index in [1.54, 1.807) is 0 Å². The number of thiophene rings is 1. The van der Waals surface area contributed by atoms with Crippen LogP contribution in [-0.4, -0.2) is 39.8 Å². The highest BCUT2D eigenvalue weighted by atomic mass is 32.1. The molecule has 3 heterocycles. The lowest BCUT2D eigenvalue weighted by Crippen LogP contribution is -2.50. The molecule has 1 aliphatic heterocycles. The first-order valence-electron chi connectivity index (χ1n) is 5.99. The lowest BCUT2D eigenvalue weighted by molar-refractivity contribution is -0.145. The minimum atomic E-state index is -0.997. The van der Waals surface area contributed by atoms with Gasteiger partial charge in [-0.2, -0.15) is 0 Å². The van der Waals surface area contributed by atoms with Gasteiger partial charge < -0.3 is 15.2 Å². The van der Waals surface area contributed by atoms with Crippen molar-refractivity contribution in [3.63, 3.8) is 0 Å². The molecule has 6 nitrogen and oxygen atoms in total. The van der Waals surface area contributed by atoms with E-state index < -0.39 is 11.5 Å². The lowest BCUT2D eigenvalue weighted by Gasteiger charge is -2.34. The van der Waals surface area contributed by atoms with Crippen molar-refractivity contribution < 1.29 is 14.6 Å². The lowest BCUT2D eigenvalue weighted by atomic mass is 9.90. The number of aromatic nitrogens is 2. The van der Waals surface area contributed by atoms with Crippen LogP contribution in [-0.2, 0) is 9.53 Å². The van der Waals surface area contributed by atoms with Gasteiger partial charge in [0.2, 0.25) is 0 Å². The number of carbonyl (C=O) groups is 1. The zero-order valence-corrected chi connectivity index (χ0v) is 10.9. The molecule has 0 radical (unpaired) electrons. The first-order chi connectivity index (χ1) is 9.21. The third-order valence-electron chi connectivity index (χ3n) is 3.36. The Hall–Kier alpha value is -1.73. The summed E-state index contributed by atoms with van der Waals surface area (Å²) in [5, 5.41) is 14.5. The fourth-order valence-electron chi connectivity index (χ4n) is 2.22. The Kier molecular flexibility index (Phi) is 3.08. The van der Waals surface area contributed by atoms with Crippen LogP contribution < -0.4 is 5.32 Å². The highest BCUT2D eigenvalue weighted by molar-refractivity contribution is 7.17. The van der Waals surface area contributed by atoms with Gasteiger partial charge in [-0.3, -0.25) is 0 Å². The highest BCUT2D eigenvalue weighted by Crippen LogP contribution is 2.31. The summed E-state index contributed by atoms with van der Waals surface area (Å²) in [6.45, 7) is 0.885. The molecule has 0 amide bonds. The van der Waals surface area contributed by atoms with Crippen LogP contribution >= 0.6 is 11.3 Å². The molecule has 2 N–H and O–H groups in total. The second kappa shape index (κ2) is 4.75. The van der Waals surface area contributed by atoms with Gasteiger partial charge in [-0.1, -0.05) is 0 Å². The van der Waals surface area contributed by atoms with Gasteiger partial charge in [0.1, 0.15) is 17.7 Å². The van der Waals surface area contributed by atoms with Crippen molar-refractivity contribution in [1.82, 2.24) is 9.97 Å². The molecule has 19 heavy (non-hydrogen) atoms. The number of nitrogens with one attached hydrogen (secondary N) is 1. The van der Waals surface area contributed by atoms with Crippen molar-refractivity contribution >= 4 is 33.3 Å². The normalized spacial score (nSPS) is 18.3. The standard InChI is InChI=1S/C12H13N3O3S/c16-11(17)12(2-4-18-5-3-12)15-10-9-8(1-6-19-9)13-7-14-10/h1,6-7H,2-5H2,(H,16,17)(H,13,14,15). The Balaban J connectivity index is 1.98. The fourth-order valence-corrected chi connectivity index (χ4v) is 3.01. The van der Waals surface area contributed by atoms with Crippen LogP contribution in [0.25, 0.3) is 10.2 Å². The number of fused-ring (bicyclic) bond motifs is 1. The average Bonchev–Trinajstić information content (AvgIpc) is 2.89. The molecule has 3 rings (SSSR count). The van der Waals surface area contributed by atoms with Gasteiger partial charge in [0, 0.05) is 26.1 Å². The van der Waals surface area contributed by atoms with Crippen molar-refractivity contribution in [3.05, 3.63) is 17.8 Å². The molecule has 0 unspecified atom stereocenters. The molecule has 0 atom stereocenters. The highest BCUT2D eigenvalue weighted by Gasteiger charge is 2.40. The van der Waals surface area contributed by atoms with E-state index in [0.29, 0.717) is 31.9 Å². The van der Waals surface area contributed by atoms with Gasteiger partial charge in [-0.05, 0) is 11.4 Å². The SMILES string of the molecule is O=C(O)C1(Nc2ncnc3ccsc23)CCOCC1. The summed E-state index contributed by atoms with van der Waals surface area (Å²) in [7, 11) is 0. The van der Waals surface area contributed by atoms with Crippen molar-refractivity contribution in [3.8, 4) is 0 Å². The van der Waals surface area contributed by atoms with Crippen molar-refractivity contribution in [2.45, 2.75) is 18.4 Å². The van der Waals surface area contributed by atoms with Crippen LogP contribution in [0.3, 0.4) is 0 Å². The van der Waals surface area contributed by atoms with Gasteiger partial charge >= 0.3 is 5.97 Å². The largest absolute Gasteiger partial charge is 0.480 e. The monoisotopic (exact) mass is 279 g/mol. The van der Waals surface area contributed by atoms with Gasteiger partial charge in [-0.15, -0.1) is 11.3 Å². The summed E-state index contributed by atoms with van der Waals surface area (Å²) in [6.07, 6.45) is 2.31. The zero-order valence-electron chi connectivity index (χ0n) is 10.1. The summed E-state index contributed by atoms with van der Waals surface area (Å²) in [6, 6.07) is 1.89. The van der Waals surface area contributed by atoms with Crippen molar-refractivity contribution in [1.29, 1.82) is 0 Å². The van der Waals surface area contributed by atoms with Crippen molar-refractivity contribution in [2.75, 3.05) is 18.5 Å². The Morgan fingerprint density at radius 1 is 1.42 bits per heavy atom. The number of carboxylic acids is 1. The predicted molar refractivity (Wildman–Crippen MR) is 71.5 cm³/mol. The van der Waals surface area contributed by atoms with E-state index in [2.05, 4.69) is 15.3 Å². The summed E-state index contributed by atoms with van der Waals surface area (Å²) < 4.78 is 6.14. The molecule has 0 bridgehead atoms. The second-order valence-corrected chi connectivity index (χ2v) is 5.40. The summed E-state index contributed by atoms with van der Waals surface area (Å²) in [5.41, 5.74) is -0.168. The van der Waals surface area contributed by atoms with Gasteiger partial charge in [0.25, 0.3) is 0 Å². The molecule has 1 fully saturated rings. The number of ether oxygens (including phenoxy) is 1. The topological polar surface area (TPSA) is 84.3 Å². The Morgan fingerprint density at radius 2 is 2.21 bits per heavy atom. The first kappa shape index (κ1) is 12.3. The van der Waals surface area contributed by atoms with Crippen LogP contribution in [0.5, 0.6) is 0 Å². The van der Waals surface area contributed by atoms with E-state index in [-0.39, 0.29) is 0 Å². The summed E-state index contributed by atoms with van der Waals surface area (Å²) in [5.74, 6) is -0.275. The molecular weight excluding hydrogens is 266 g/mol. The van der Waals surface area contributed by atoms with E-state index in [1.165, 1.54) is 17.7 Å². The van der Waals surface area contributed by atoms with E-state index in [4.69, 9.17) is 4.74 Å². The van der Waals surface area contributed by atoms with E-state index in [9.17, 15) is 9.90 Å². The maximum Gasteiger partial charge on any atom is 0.329 e. The quantitative estimate of drug-likeness (QED) is 0.890. The third kappa shape index (κ3) is 2.15. The molecule has 0 aromatic carbocycles. The van der Waals surface area contributed by atoms with Gasteiger partial charge in [-0.25, -0.2) is 14.8 Å². The fraction of sp³-hybridized carbons (Fsp3) is 0.417. The molecule has 2 aromatic heterocycles. The third-order valence-corrected chi connectivity index (χ3v) is 4.27. The maximum absolute atomic E-state index is 11.6. The number of hydrogen-bond donors (Lipinski definition) is 2. The Labute approximate surface area is 113 Å². The van der Waals surface area contributed by atoms with E-state index >= 15 is 0 Å². The van der Waals surface area contributed by atoms with Crippen LogP contribution in [0.2, 0.25) is 0 Å². The molecule has 1 saturated heterocycles. The summed E-state index contributed by atoms with van der Waals surface area (Å²) in [4.78, 5) is 19.9. The number of anilines is 1.